The van der Waals surface area contributed by atoms with Crippen molar-refractivity contribution in [3.8, 4) is 0 Å². The van der Waals surface area contributed by atoms with Gasteiger partial charge in [0.1, 0.15) is 0 Å². The average Bonchev–Trinajstić information content (AvgIpc) is 2.17. The summed E-state index contributed by atoms with van der Waals surface area (Å²) in [5.41, 5.74) is 0. The van der Waals surface area contributed by atoms with E-state index in [1.165, 1.54) is 19.3 Å². The van der Waals surface area contributed by atoms with Crippen LogP contribution in [0, 0.1) is 5.92 Å². The molecule has 64 valence electrons. The molecule has 0 aromatic rings. The number of carbonyl (C=O) groups is 1. The average molecular weight is 155 g/mol. The van der Waals surface area contributed by atoms with Crippen molar-refractivity contribution in [3.63, 3.8) is 0 Å². The summed E-state index contributed by atoms with van der Waals surface area (Å²) in [5, 5.41) is 2.94. The van der Waals surface area contributed by atoms with Gasteiger partial charge in [0.25, 0.3) is 0 Å². The fraction of sp³-hybridized carbons (Fsp3) is 0.889. The molecule has 1 saturated heterocycles. The van der Waals surface area contributed by atoms with Crippen LogP contribution in [0.4, 0.5) is 0 Å². The first-order chi connectivity index (χ1) is 5.33. The topological polar surface area (TPSA) is 29.1 Å². The van der Waals surface area contributed by atoms with E-state index in [9.17, 15) is 4.79 Å². The lowest BCUT2D eigenvalue weighted by molar-refractivity contribution is -0.120. The highest BCUT2D eigenvalue weighted by molar-refractivity contribution is 5.76. The molecule has 1 fully saturated rings. The second-order valence-electron chi connectivity index (χ2n) is 3.35. The van der Waals surface area contributed by atoms with Crippen LogP contribution in [0.25, 0.3) is 0 Å². The molecule has 0 saturated carbocycles. The van der Waals surface area contributed by atoms with Crippen LogP contribution in [-0.2, 0) is 4.79 Å². The Morgan fingerprint density at radius 1 is 1.64 bits per heavy atom. The molecule has 1 N–H and O–H groups in total. The fourth-order valence-electron chi connectivity index (χ4n) is 1.65. The number of rotatable bonds is 2. The summed E-state index contributed by atoms with van der Waals surface area (Å²) in [7, 11) is 0. The second-order valence-corrected chi connectivity index (χ2v) is 3.35. The molecule has 1 heterocycles. The summed E-state index contributed by atoms with van der Waals surface area (Å²) in [6, 6.07) is 0. The van der Waals surface area contributed by atoms with Gasteiger partial charge in [0.2, 0.25) is 5.91 Å². The molecule has 0 radical (unpaired) electrons. The highest BCUT2D eigenvalue weighted by atomic mass is 16.1. The van der Waals surface area contributed by atoms with Crippen LogP contribution in [0.1, 0.15) is 39.0 Å². The first kappa shape index (κ1) is 8.57. The third kappa shape index (κ3) is 2.91. The van der Waals surface area contributed by atoms with Crippen molar-refractivity contribution < 1.29 is 4.79 Å². The molecule has 2 heteroatoms. The van der Waals surface area contributed by atoms with Gasteiger partial charge in [0.05, 0.1) is 0 Å². The molecule has 1 unspecified atom stereocenters. The molecule has 0 aromatic heterocycles. The number of carbonyl (C=O) groups excluding carboxylic acids is 1. The monoisotopic (exact) mass is 155 g/mol. The molecule has 2 nitrogen and oxygen atoms in total. The Hall–Kier alpha value is -0.530. The number of hydrogen-bond donors (Lipinski definition) is 1. The molecule has 0 aliphatic carbocycles. The summed E-state index contributed by atoms with van der Waals surface area (Å²) in [6.45, 7) is 3.11. The van der Waals surface area contributed by atoms with Crippen LogP contribution in [0.2, 0.25) is 0 Å². The Balaban J connectivity index is 2.28. The lowest BCUT2D eigenvalue weighted by Gasteiger charge is -2.11. The Bertz CT molecular complexity index is 134. The molecule has 0 bridgehead atoms. The Morgan fingerprint density at radius 3 is 3.18 bits per heavy atom. The Labute approximate surface area is 68.4 Å². The van der Waals surface area contributed by atoms with E-state index < -0.39 is 0 Å². The quantitative estimate of drug-likeness (QED) is 0.646. The first-order valence-electron chi connectivity index (χ1n) is 4.59. The van der Waals surface area contributed by atoms with Gasteiger partial charge in [-0.15, -0.1) is 0 Å². The van der Waals surface area contributed by atoms with Crippen molar-refractivity contribution >= 4 is 5.91 Å². The minimum atomic E-state index is 0.239. The molecule has 1 rings (SSSR count). The van der Waals surface area contributed by atoms with Crippen molar-refractivity contribution in [1.29, 1.82) is 0 Å². The summed E-state index contributed by atoms with van der Waals surface area (Å²) in [6.07, 6.45) is 5.55. The van der Waals surface area contributed by atoms with E-state index in [0.29, 0.717) is 0 Å². The second kappa shape index (κ2) is 4.37. The standard InChI is InChI=1S/C9H17NO/c1-2-4-8-5-3-6-9(11)10-7-8/h8H,2-7H2,1H3,(H,10,11). The number of nitrogens with one attached hydrogen (secondary N) is 1. The molecular formula is C9H17NO. The molecule has 0 aromatic carbocycles. The van der Waals surface area contributed by atoms with Gasteiger partial charge < -0.3 is 5.32 Å². The number of hydrogen-bond acceptors (Lipinski definition) is 1. The summed E-state index contributed by atoms with van der Waals surface area (Å²) in [5.74, 6) is 0.982. The van der Waals surface area contributed by atoms with Gasteiger partial charge in [0.15, 0.2) is 0 Å². The van der Waals surface area contributed by atoms with E-state index in [1.54, 1.807) is 0 Å². The predicted molar refractivity (Wildman–Crippen MR) is 45.3 cm³/mol. The zero-order chi connectivity index (χ0) is 8.10. The Kier molecular flexibility index (Phi) is 3.40. The van der Waals surface area contributed by atoms with Crippen LogP contribution in [0.15, 0.2) is 0 Å². The van der Waals surface area contributed by atoms with E-state index in [2.05, 4.69) is 12.2 Å². The summed E-state index contributed by atoms with van der Waals surface area (Å²) >= 11 is 0. The molecule has 11 heavy (non-hydrogen) atoms. The van der Waals surface area contributed by atoms with Crippen LogP contribution < -0.4 is 5.32 Å². The molecule has 1 aliphatic rings. The van der Waals surface area contributed by atoms with Crippen molar-refractivity contribution in [2.75, 3.05) is 6.54 Å². The maximum absolute atomic E-state index is 10.9. The zero-order valence-electron chi connectivity index (χ0n) is 7.23. The van der Waals surface area contributed by atoms with E-state index in [-0.39, 0.29) is 5.91 Å². The maximum Gasteiger partial charge on any atom is 0.220 e. The fourth-order valence-corrected chi connectivity index (χ4v) is 1.65. The van der Waals surface area contributed by atoms with Crippen LogP contribution in [-0.4, -0.2) is 12.5 Å². The van der Waals surface area contributed by atoms with Gasteiger partial charge in [-0.3, -0.25) is 4.79 Å². The third-order valence-electron chi connectivity index (χ3n) is 2.30. The van der Waals surface area contributed by atoms with Crippen molar-refractivity contribution in [2.24, 2.45) is 5.92 Å². The SMILES string of the molecule is CCCC1CCCC(=O)NC1. The molecule has 1 amide bonds. The van der Waals surface area contributed by atoms with Gasteiger partial charge in [-0.1, -0.05) is 13.3 Å². The van der Waals surface area contributed by atoms with Crippen LogP contribution in [0.5, 0.6) is 0 Å². The largest absolute Gasteiger partial charge is 0.356 e. The van der Waals surface area contributed by atoms with E-state index in [0.717, 1.165) is 25.3 Å². The zero-order valence-corrected chi connectivity index (χ0v) is 7.23. The normalized spacial score (nSPS) is 25.9. The third-order valence-corrected chi connectivity index (χ3v) is 2.30. The predicted octanol–water partition coefficient (Wildman–Crippen LogP) is 1.70. The molecule has 1 atom stereocenters. The highest BCUT2D eigenvalue weighted by Crippen LogP contribution is 2.16. The Morgan fingerprint density at radius 2 is 2.45 bits per heavy atom. The van der Waals surface area contributed by atoms with Gasteiger partial charge in [0, 0.05) is 13.0 Å². The first-order valence-corrected chi connectivity index (χ1v) is 4.59. The summed E-state index contributed by atoms with van der Waals surface area (Å²) < 4.78 is 0. The van der Waals surface area contributed by atoms with Crippen molar-refractivity contribution in [2.45, 2.75) is 39.0 Å². The minimum Gasteiger partial charge on any atom is -0.356 e. The lowest BCUT2D eigenvalue weighted by atomic mass is 9.99. The lowest BCUT2D eigenvalue weighted by Crippen LogP contribution is -2.25. The smallest absolute Gasteiger partial charge is 0.220 e. The molecule has 0 spiro atoms. The van der Waals surface area contributed by atoms with Gasteiger partial charge in [-0.05, 0) is 25.2 Å². The number of amides is 1. The highest BCUT2D eigenvalue weighted by Gasteiger charge is 2.14. The van der Waals surface area contributed by atoms with Crippen molar-refractivity contribution in [1.82, 2.24) is 5.32 Å². The van der Waals surface area contributed by atoms with Crippen LogP contribution in [0.3, 0.4) is 0 Å². The van der Waals surface area contributed by atoms with E-state index in [1.807, 2.05) is 0 Å². The maximum atomic E-state index is 10.9. The molecule has 1 aliphatic heterocycles. The van der Waals surface area contributed by atoms with Crippen molar-refractivity contribution in [3.05, 3.63) is 0 Å². The molecular weight excluding hydrogens is 138 g/mol. The summed E-state index contributed by atoms with van der Waals surface area (Å²) in [4.78, 5) is 10.9. The van der Waals surface area contributed by atoms with Gasteiger partial charge in [-0.2, -0.15) is 0 Å². The van der Waals surface area contributed by atoms with E-state index in [4.69, 9.17) is 0 Å². The van der Waals surface area contributed by atoms with Crippen LogP contribution >= 0.6 is 0 Å². The van der Waals surface area contributed by atoms with E-state index >= 15 is 0 Å². The minimum absolute atomic E-state index is 0.239. The van der Waals surface area contributed by atoms with Gasteiger partial charge in [-0.25, -0.2) is 0 Å². The van der Waals surface area contributed by atoms with Gasteiger partial charge >= 0.3 is 0 Å².